The van der Waals surface area contributed by atoms with Crippen LogP contribution in [0.15, 0.2) is 54.6 Å². The van der Waals surface area contributed by atoms with Gasteiger partial charge in [-0.1, -0.05) is 35.9 Å². The number of hydrogen-bond acceptors (Lipinski definition) is 3. The van der Waals surface area contributed by atoms with Gasteiger partial charge in [0.2, 0.25) is 0 Å². The van der Waals surface area contributed by atoms with E-state index in [4.69, 9.17) is 4.74 Å². The molecular weight excluding hydrogens is 424 g/mol. The Morgan fingerprint density at radius 3 is 2.76 bits per heavy atom. The summed E-state index contributed by atoms with van der Waals surface area (Å²) in [4.78, 5) is 24.8. The Bertz CT molecular complexity index is 1370. The molecule has 0 aliphatic carbocycles. The summed E-state index contributed by atoms with van der Waals surface area (Å²) >= 11 is 0. The van der Waals surface area contributed by atoms with E-state index in [1.54, 1.807) is 4.90 Å². The van der Waals surface area contributed by atoms with E-state index < -0.39 is 0 Å². The fraction of sp³-hybridized carbons (Fsp3) is 0.286. The molecule has 0 spiro atoms. The number of imidazole rings is 1. The molecule has 4 aromatic rings. The van der Waals surface area contributed by atoms with Crippen LogP contribution in [0.1, 0.15) is 28.1 Å². The van der Waals surface area contributed by atoms with Crippen molar-refractivity contribution >= 4 is 17.1 Å². The lowest BCUT2D eigenvalue weighted by atomic mass is 9.98. The number of aromatic amines is 1. The van der Waals surface area contributed by atoms with Crippen molar-refractivity contribution in [3.8, 4) is 16.9 Å². The lowest BCUT2D eigenvalue weighted by Gasteiger charge is -2.27. The van der Waals surface area contributed by atoms with Crippen LogP contribution in [0.25, 0.3) is 22.2 Å². The summed E-state index contributed by atoms with van der Waals surface area (Å²) in [5.74, 6) is 1.79. The largest absolute Gasteiger partial charge is 0.491 e. The summed E-state index contributed by atoms with van der Waals surface area (Å²) < 4.78 is 6.11. The van der Waals surface area contributed by atoms with Crippen LogP contribution in [0, 0.1) is 20.8 Å². The number of H-pyrrole nitrogens is 1. The first-order valence-corrected chi connectivity index (χ1v) is 11.7. The maximum absolute atomic E-state index is 13.3. The molecule has 1 aromatic heterocycles. The third-order valence-corrected chi connectivity index (χ3v) is 6.35. The first kappa shape index (κ1) is 22.0. The van der Waals surface area contributed by atoms with Gasteiger partial charge in [0.25, 0.3) is 0 Å². The zero-order chi connectivity index (χ0) is 23.8. The van der Waals surface area contributed by atoms with Crippen molar-refractivity contribution in [2.45, 2.75) is 33.9 Å². The molecule has 1 aliphatic heterocycles. The molecule has 0 saturated carbocycles. The number of carbonyl (C=O) groups is 1. The minimum absolute atomic E-state index is 0.00960. The molecule has 1 aliphatic rings. The highest BCUT2D eigenvalue weighted by atomic mass is 16.5. The van der Waals surface area contributed by atoms with E-state index in [1.165, 1.54) is 5.56 Å². The van der Waals surface area contributed by atoms with Crippen LogP contribution >= 0.6 is 0 Å². The lowest BCUT2D eigenvalue weighted by Crippen LogP contribution is -2.41. The monoisotopic (exact) mass is 454 g/mol. The molecule has 3 aromatic carbocycles. The normalized spacial score (nSPS) is 13.4. The maximum Gasteiger partial charge on any atom is 0.320 e. The van der Waals surface area contributed by atoms with Gasteiger partial charge >= 0.3 is 6.03 Å². The van der Waals surface area contributed by atoms with Crippen molar-refractivity contribution < 1.29 is 9.53 Å². The van der Waals surface area contributed by atoms with Gasteiger partial charge in [-0.15, -0.1) is 0 Å². The Morgan fingerprint density at radius 2 is 1.94 bits per heavy atom. The van der Waals surface area contributed by atoms with Gasteiger partial charge in [0.15, 0.2) is 0 Å². The average molecular weight is 455 g/mol. The third-order valence-electron chi connectivity index (χ3n) is 6.35. The van der Waals surface area contributed by atoms with Crippen LogP contribution in [0.5, 0.6) is 5.75 Å². The summed E-state index contributed by atoms with van der Waals surface area (Å²) in [5, 5.41) is 0. The van der Waals surface area contributed by atoms with Crippen molar-refractivity contribution in [2.24, 2.45) is 0 Å². The molecule has 0 radical (unpaired) electrons. The van der Waals surface area contributed by atoms with E-state index in [1.807, 2.05) is 31.0 Å². The molecule has 2 heterocycles. The van der Waals surface area contributed by atoms with Crippen LogP contribution in [0.3, 0.4) is 0 Å². The van der Waals surface area contributed by atoms with E-state index in [0.29, 0.717) is 26.2 Å². The van der Waals surface area contributed by atoms with E-state index in [0.717, 1.165) is 50.4 Å². The van der Waals surface area contributed by atoms with Gasteiger partial charge in [0.05, 0.1) is 24.1 Å². The Labute approximate surface area is 200 Å². The summed E-state index contributed by atoms with van der Waals surface area (Å²) in [6.07, 6.45) is 0. The Kier molecular flexibility index (Phi) is 5.74. The van der Waals surface area contributed by atoms with Crippen LogP contribution in [-0.4, -0.2) is 46.0 Å². The molecule has 6 heteroatoms. The quantitative estimate of drug-likeness (QED) is 0.438. The van der Waals surface area contributed by atoms with Gasteiger partial charge < -0.3 is 19.5 Å². The first-order valence-electron chi connectivity index (χ1n) is 11.7. The number of aryl methyl sites for hydroxylation is 3. The van der Waals surface area contributed by atoms with Crippen LogP contribution in [0.2, 0.25) is 0 Å². The number of urea groups is 1. The zero-order valence-electron chi connectivity index (χ0n) is 20.2. The molecule has 2 amide bonds. The van der Waals surface area contributed by atoms with Gasteiger partial charge in [0.1, 0.15) is 18.2 Å². The summed E-state index contributed by atoms with van der Waals surface area (Å²) in [5.41, 5.74) is 8.64. The van der Waals surface area contributed by atoms with E-state index in [-0.39, 0.29) is 6.03 Å². The van der Waals surface area contributed by atoms with Gasteiger partial charge in [-0.25, -0.2) is 9.78 Å². The molecule has 0 bridgehead atoms. The predicted molar refractivity (Wildman–Crippen MR) is 135 cm³/mol. The van der Waals surface area contributed by atoms with Gasteiger partial charge in [0, 0.05) is 19.2 Å². The molecule has 174 valence electrons. The van der Waals surface area contributed by atoms with Crippen LogP contribution in [0.4, 0.5) is 4.79 Å². The standard InChI is InChI=1S/C28H30N4O2/c1-18-6-5-7-21(12-18)16-31(4)28(33)32-10-11-34-27-19(2)13-23(14-24(27)17-32)22-8-9-25-26(15-22)30-20(3)29-25/h5-9,12-15H,10-11,16-17H2,1-4H3,(H,29,30). The number of nitrogens with zero attached hydrogens (tertiary/aromatic N) is 3. The first-order chi connectivity index (χ1) is 16.4. The fourth-order valence-electron chi connectivity index (χ4n) is 4.75. The van der Waals surface area contributed by atoms with Gasteiger partial charge in [-0.05, 0) is 67.3 Å². The number of hydrogen-bond donors (Lipinski definition) is 1. The number of benzene rings is 3. The molecule has 0 unspecified atom stereocenters. The van der Waals surface area contributed by atoms with Crippen molar-refractivity contribution in [3.05, 3.63) is 82.7 Å². The number of nitrogens with one attached hydrogen (secondary N) is 1. The van der Waals surface area contributed by atoms with E-state index in [2.05, 4.69) is 66.3 Å². The average Bonchev–Trinajstić information content (AvgIpc) is 3.03. The van der Waals surface area contributed by atoms with Gasteiger partial charge in [-0.3, -0.25) is 0 Å². The minimum Gasteiger partial charge on any atom is -0.491 e. The number of amides is 2. The lowest BCUT2D eigenvalue weighted by molar-refractivity contribution is 0.153. The molecular formula is C28H30N4O2. The smallest absolute Gasteiger partial charge is 0.320 e. The number of fused-ring (bicyclic) bond motifs is 2. The Morgan fingerprint density at radius 1 is 1.09 bits per heavy atom. The number of rotatable bonds is 3. The third kappa shape index (κ3) is 4.36. The molecule has 0 atom stereocenters. The SMILES string of the molecule is Cc1cccc(CN(C)C(=O)N2CCOc3c(C)cc(-c4ccc5nc(C)[nH]c5c4)cc3C2)c1. The Hall–Kier alpha value is -3.80. The highest BCUT2D eigenvalue weighted by Gasteiger charge is 2.24. The molecule has 34 heavy (non-hydrogen) atoms. The number of carbonyl (C=O) groups excluding carboxylic acids is 1. The molecule has 6 nitrogen and oxygen atoms in total. The van der Waals surface area contributed by atoms with Crippen molar-refractivity contribution in [1.82, 2.24) is 19.8 Å². The highest BCUT2D eigenvalue weighted by molar-refractivity contribution is 5.82. The topological polar surface area (TPSA) is 61.5 Å². The summed E-state index contributed by atoms with van der Waals surface area (Å²) in [6, 6.07) is 18.9. The van der Waals surface area contributed by atoms with Crippen molar-refractivity contribution in [3.63, 3.8) is 0 Å². The second kappa shape index (κ2) is 8.86. The van der Waals surface area contributed by atoms with Gasteiger partial charge in [-0.2, -0.15) is 0 Å². The van der Waals surface area contributed by atoms with Crippen LogP contribution < -0.4 is 4.74 Å². The van der Waals surface area contributed by atoms with Crippen LogP contribution in [-0.2, 0) is 13.1 Å². The van der Waals surface area contributed by atoms with Crippen molar-refractivity contribution in [2.75, 3.05) is 20.2 Å². The fourth-order valence-corrected chi connectivity index (χ4v) is 4.75. The Balaban J connectivity index is 1.41. The van der Waals surface area contributed by atoms with E-state index in [9.17, 15) is 4.79 Å². The second-order valence-corrected chi connectivity index (χ2v) is 9.23. The highest BCUT2D eigenvalue weighted by Crippen LogP contribution is 2.34. The summed E-state index contributed by atoms with van der Waals surface area (Å²) in [7, 11) is 1.86. The minimum atomic E-state index is 0.00960. The zero-order valence-corrected chi connectivity index (χ0v) is 20.2. The molecule has 1 N–H and O–H groups in total. The van der Waals surface area contributed by atoms with E-state index >= 15 is 0 Å². The molecule has 5 rings (SSSR count). The maximum atomic E-state index is 13.3. The molecule has 0 saturated heterocycles. The second-order valence-electron chi connectivity index (χ2n) is 9.23. The van der Waals surface area contributed by atoms with Crippen molar-refractivity contribution in [1.29, 1.82) is 0 Å². The number of aromatic nitrogens is 2. The predicted octanol–water partition coefficient (Wildman–Crippen LogP) is 5.60. The number of ether oxygens (including phenoxy) is 1. The molecule has 0 fully saturated rings. The summed E-state index contributed by atoms with van der Waals surface area (Å²) in [6.45, 7) is 8.24.